The van der Waals surface area contributed by atoms with Gasteiger partial charge >= 0.3 is 5.63 Å². The van der Waals surface area contributed by atoms with Crippen LogP contribution in [-0.2, 0) is 11.2 Å². The van der Waals surface area contributed by atoms with Crippen LogP contribution in [0.15, 0.2) is 64.1 Å². The van der Waals surface area contributed by atoms with Gasteiger partial charge < -0.3 is 19.6 Å². The minimum Gasteiger partial charge on any atom is -0.508 e. The summed E-state index contributed by atoms with van der Waals surface area (Å²) in [4.78, 5) is 33.3. The van der Waals surface area contributed by atoms with Gasteiger partial charge in [-0.2, -0.15) is 0 Å². The molecule has 162 valence electrons. The number of phenolic OH excluding ortho intramolecular Hbond substituents is 1. The van der Waals surface area contributed by atoms with E-state index in [1.165, 1.54) is 12.4 Å². The molecule has 2 aromatic heterocycles. The van der Waals surface area contributed by atoms with Crippen molar-refractivity contribution in [3.05, 3.63) is 76.4 Å². The van der Waals surface area contributed by atoms with E-state index in [9.17, 15) is 14.7 Å². The number of aromatic hydroxyl groups is 1. The maximum absolute atomic E-state index is 12.4. The summed E-state index contributed by atoms with van der Waals surface area (Å²) in [5.41, 5.74) is 2.34. The number of nitrogens with zero attached hydrogens (tertiary/aromatic N) is 2. The van der Waals surface area contributed by atoms with Crippen LogP contribution in [0.4, 0.5) is 5.69 Å². The van der Waals surface area contributed by atoms with Crippen LogP contribution in [0.25, 0.3) is 22.4 Å². The second kappa shape index (κ2) is 8.89. The maximum Gasteiger partial charge on any atom is 0.339 e. The Morgan fingerprint density at radius 2 is 1.94 bits per heavy atom. The number of methoxy groups -OCH3 is 1. The lowest BCUT2D eigenvalue weighted by Gasteiger charge is -2.09. The molecule has 0 spiro atoms. The fourth-order valence-electron chi connectivity index (χ4n) is 3.44. The third-order valence-electron chi connectivity index (χ3n) is 5.14. The zero-order valence-electron chi connectivity index (χ0n) is 17.6. The normalized spacial score (nSPS) is 10.8. The summed E-state index contributed by atoms with van der Waals surface area (Å²) in [6.45, 7) is 1.84. The van der Waals surface area contributed by atoms with E-state index >= 15 is 0 Å². The largest absolute Gasteiger partial charge is 0.508 e. The van der Waals surface area contributed by atoms with Gasteiger partial charge in [0.25, 0.3) is 0 Å². The minimum absolute atomic E-state index is 0.0988. The van der Waals surface area contributed by atoms with Crippen LogP contribution < -0.4 is 15.7 Å². The van der Waals surface area contributed by atoms with E-state index in [4.69, 9.17) is 9.15 Å². The van der Waals surface area contributed by atoms with Crippen molar-refractivity contribution >= 4 is 22.6 Å². The van der Waals surface area contributed by atoms with Gasteiger partial charge in [0.15, 0.2) is 5.82 Å². The number of anilines is 1. The number of phenols is 1. The molecule has 8 nitrogen and oxygen atoms in total. The number of aromatic nitrogens is 2. The maximum atomic E-state index is 12.4. The van der Waals surface area contributed by atoms with Crippen molar-refractivity contribution in [2.75, 3.05) is 12.4 Å². The quantitative estimate of drug-likeness (QED) is 0.446. The molecule has 0 radical (unpaired) electrons. The molecule has 8 heteroatoms. The molecule has 0 unspecified atom stereocenters. The SMILES string of the molecule is COc1ccc2c(C)c(CCC(=O)Nc3cnc(-c4cccc(O)c4)nc3)c(=O)oc2c1. The first kappa shape index (κ1) is 21.0. The van der Waals surface area contributed by atoms with Gasteiger partial charge in [0.2, 0.25) is 5.91 Å². The summed E-state index contributed by atoms with van der Waals surface area (Å²) < 4.78 is 10.6. The number of fused-ring (bicyclic) bond motifs is 1. The molecule has 32 heavy (non-hydrogen) atoms. The van der Waals surface area contributed by atoms with Gasteiger partial charge in [-0.25, -0.2) is 14.8 Å². The lowest BCUT2D eigenvalue weighted by Crippen LogP contribution is -2.17. The zero-order chi connectivity index (χ0) is 22.7. The predicted octanol–water partition coefficient (Wildman–Crippen LogP) is 3.84. The van der Waals surface area contributed by atoms with E-state index in [1.807, 2.05) is 13.0 Å². The van der Waals surface area contributed by atoms with Crippen molar-refractivity contribution < 1.29 is 19.1 Å². The van der Waals surface area contributed by atoms with Crippen molar-refractivity contribution in [3.63, 3.8) is 0 Å². The smallest absolute Gasteiger partial charge is 0.339 e. The summed E-state index contributed by atoms with van der Waals surface area (Å²) in [6, 6.07) is 11.9. The van der Waals surface area contributed by atoms with E-state index in [0.29, 0.717) is 34.0 Å². The minimum atomic E-state index is -0.463. The number of carbonyl (C=O) groups is 1. The Kier molecular flexibility index (Phi) is 5.85. The van der Waals surface area contributed by atoms with Crippen molar-refractivity contribution in [3.8, 4) is 22.9 Å². The van der Waals surface area contributed by atoms with Crippen molar-refractivity contribution in [1.29, 1.82) is 0 Å². The van der Waals surface area contributed by atoms with Crippen LogP contribution in [-0.4, -0.2) is 28.1 Å². The number of benzene rings is 2. The number of rotatable bonds is 6. The molecule has 2 heterocycles. The molecule has 0 aliphatic carbocycles. The molecule has 1 amide bonds. The van der Waals surface area contributed by atoms with Crippen LogP contribution in [0.5, 0.6) is 11.5 Å². The summed E-state index contributed by atoms with van der Waals surface area (Å²) in [7, 11) is 1.55. The first-order valence-electron chi connectivity index (χ1n) is 9.96. The molecule has 0 saturated heterocycles. The Labute approximate surface area is 183 Å². The zero-order valence-corrected chi connectivity index (χ0v) is 17.6. The van der Waals surface area contributed by atoms with Crippen LogP contribution in [0.1, 0.15) is 17.5 Å². The Bertz CT molecular complexity index is 1350. The molecule has 2 N–H and O–H groups in total. The molecule has 0 saturated carbocycles. The van der Waals surface area contributed by atoms with Crippen molar-refractivity contribution in [2.24, 2.45) is 0 Å². The van der Waals surface area contributed by atoms with E-state index in [-0.39, 0.29) is 24.5 Å². The molecule has 2 aromatic carbocycles. The number of hydrogen-bond donors (Lipinski definition) is 2. The molecule has 0 atom stereocenters. The Morgan fingerprint density at radius 1 is 1.16 bits per heavy atom. The summed E-state index contributed by atoms with van der Waals surface area (Å²) in [6.07, 6.45) is 3.33. The summed E-state index contributed by atoms with van der Waals surface area (Å²) >= 11 is 0. The molecule has 0 aliphatic rings. The van der Waals surface area contributed by atoms with Crippen LogP contribution in [0, 0.1) is 6.92 Å². The number of aryl methyl sites for hydroxylation is 1. The lowest BCUT2D eigenvalue weighted by atomic mass is 10.0. The molecule has 4 rings (SSSR count). The van der Waals surface area contributed by atoms with Crippen LogP contribution >= 0.6 is 0 Å². The Balaban J connectivity index is 1.44. The molecule has 4 aromatic rings. The van der Waals surface area contributed by atoms with Crippen molar-refractivity contribution in [1.82, 2.24) is 9.97 Å². The molecular formula is C24H21N3O5. The predicted molar refractivity (Wildman–Crippen MR) is 120 cm³/mol. The topological polar surface area (TPSA) is 115 Å². The Morgan fingerprint density at radius 3 is 2.66 bits per heavy atom. The highest BCUT2D eigenvalue weighted by atomic mass is 16.5. The average molecular weight is 431 g/mol. The standard InChI is InChI=1S/C24H21N3O5/c1-14-19-7-6-18(31-2)11-21(19)32-24(30)20(14)8-9-22(29)27-16-12-25-23(26-13-16)15-4-3-5-17(28)10-15/h3-7,10-13,28H,8-9H2,1-2H3,(H,27,29). The third-order valence-corrected chi connectivity index (χ3v) is 5.14. The number of carbonyl (C=O) groups excluding carboxylic acids is 1. The van der Waals surface area contributed by atoms with E-state index < -0.39 is 5.63 Å². The van der Waals surface area contributed by atoms with Gasteiger partial charge in [-0.05, 0) is 43.2 Å². The fraction of sp³-hybridized carbons (Fsp3) is 0.167. The van der Waals surface area contributed by atoms with Crippen LogP contribution in [0.2, 0.25) is 0 Å². The van der Waals surface area contributed by atoms with Gasteiger partial charge in [-0.15, -0.1) is 0 Å². The monoisotopic (exact) mass is 431 g/mol. The lowest BCUT2D eigenvalue weighted by molar-refractivity contribution is -0.116. The third kappa shape index (κ3) is 4.44. The van der Waals surface area contributed by atoms with E-state index in [2.05, 4.69) is 15.3 Å². The highest BCUT2D eigenvalue weighted by Gasteiger charge is 2.14. The molecule has 0 fully saturated rings. The second-order valence-electron chi connectivity index (χ2n) is 7.25. The summed E-state index contributed by atoms with van der Waals surface area (Å²) in [5, 5.41) is 13.1. The highest BCUT2D eigenvalue weighted by molar-refractivity contribution is 5.90. The van der Waals surface area contributed by atoms with Gasteiger partial charge in [0.1, 0.15) is 17.1 Å². The van der Waals surface area contributed by atoms with Crippen LogP contribution in [0.3, 0.4) is 0 Å². The van der Waals surface area contributed by atoms with E-state index in [1.54, 1.807) is 43.5 Å². The number of ether oxygens (including phenoxy) is 1. The van der Waals surface area contributed by atoms with Gasteiger partial charge in [-0.3, -0.25) is 4.79 Å². The molecular weight excluding hydrogens is 410 g/mol. The number of nitrogens with one attached hydrogen (secondary N) is 1. The first-order valence-corrected chi connectivity index (χ1v) is 9.96. The van der Waals surface area contributed by atoms with E-state index in [0.717, 1.165) is 10.9 Å². The number of hydrogen-bond acceptors (Lipinski definition) is 7. The average Bonchev–Trinajstić information content (AvgIpc) is 2.79. The molecule has 0 bridgehead atoms. The van der Waals surface area contributed by atoms with Gasteiger partial charge in [0.05, 0.1) is 25.2 Å². The highest BCUT2D eigenvalue weighted by Crippen LogP contribution is 2.25. The van der Waals surface area contributed by atoms with Crippen molar-refractivity contribution in [2.45, 2.75) is 19.8 Å². The second-order valence-corrected chi connectivity index (χ2v) is 7.25. The fourth-order valence-corrected chi connectivity index (χ4v) is 3.44. The number of amides is 1. The van der Waals surface area contributed by atoms with Gasteiger partial charge in [-0.1, -0.05) is 12.1 Å². The summed E-state index contributed by atoms with van der Waals surface area (Å²) in [5.74, 6) is 0.882. The molecule has 0 aliphatic heterocycles. The van der Waals surface area contributed by atoms with Gasteiger partial charge in [0, 0.05) is 29.0 Å². The Hall–Kier alpha value is -4.20. The first-order chi connectivity index (χ1) is 15.4.